The maximum absolute atomic E-state index is 10.2. The summed E-state index contributed by atoms with van der Waals surface area (Å²) in [5.74, 6) is 0. The van der Waals surface area contributed by atoms with E-state index < -0.39 is 0 Å². The summed E-state index contributed by atoms with van der Waals surface area (Å²) in [6.45, 7) is 13.1. The van der Waals surface area contributed by atoms with Crippen molar-refractivity contribution < 1.29 is 58.0 Å². The van der Waals surface area contributed by atoms with Gasteiger partial charge in [0.2, 0.25) is 0 Å². The van der Waals surface area contributed by atoms with Crippen molar-refractivity contribution in [2.75, 3.05) is 93.1 Å². The van der Waals surface area contributed by atoms with Gasteiger partial charge in [-0.25, -0.2) is 0 Å². The topological polar surface area (TPSA) is 144 Å². The zero-order chi connectivity index (χ0) is 54.3. The van der Waals surface area contributed by atoms with Crippen molar-refractivity contribution in [3.05, 3.63) is 0 Å². The van der Waals surface area contributed by atoms with Gasteiger partial charge in [-0.3, -0.25) is 0 Å². The number of aliphatic hydroxyl groups is 3. The highest BCUT2D eigenvalue weighted by Gasteiger charge is 2.11. The van der Waals surface area contributed by atoms with Gasteiger partial charge >= 0.3 is 0 Å². The fourth-order valence-electron chi connectivity index (χ4n) is 9.40. The van der Waals surface area contributed by atoms with Crippen molar-refractivity contribution in [1.82, 2.24) is 0 Å². The van der Waals surface area contributed by atoms with Gasteiger partial charge in [-0.2, -0.15) is 0 Å². The SMILES string of the molecule is CCCCCCC(O)CCCCCCCCCCOCOCCOCC(COCCOCOCCCCCCCCCCC(O)CCCCCC)OCCOCOCCCCCCCCCCC(O)CCCCCC. The van der Waals surface area contributed by atoms with E-state index in [-0.39, 0.29) is 44.8 Å². The van der Waals surface area contributed by atoms with Gasteiger partial charge in [-0.15, -0.1) is 0 Å². The second-order valence-corrected chi connectivity index (χ2v) is 21.8. The molecule has 3 unspecified atom stereocenters. The Morgan fingerprint density at radius 2 is 0.440 bits per heavy atom. The van der Waals surface area contributed by atoms with Gasteiger partial charge in [0.25, 0.3) is 0 Å². The summed E-state index contributed by atoms with van der Waals surface area (Å²) in [6.07, 6.45) is 49.3. The van der Waals surface area contributed by atoms with E-state index in [4.69, 9.17) is 42.6 Å². The van der Waals surface area contributed by atoms with E-state index in [1.165, 1.54) is 193 Å². The number of hydrogen-bond acceptors (Lipinski definition) is 12. The zero-order valence-electron chi connectivity index (χ0n) is 49.9. The van der Waals surface area contributed by atoms with Crippen LogP contribution in [-0.4, -0.2) is 133 Å². The maximum Gasteiger partial charge on any atom is 0.146 e. The molecular formula is C63H128O12. The largest absolute Gasteiger partial charge is 0.393 e. The Labute approximate surface area is 464 Å². The standard InChI is InChI=1S/C63H128O12/c1-4-7-10-31-40-60(64)43-34-25-19-13-16-22-28-37-46-69-57-72-51-49-67-55-63(75-54-53-74-59-71-48-39-30-24-18-15-21-27-36-45-62(66)42-33-12-9-6-3)56-68-50-52-73-58-70-47-38-29-23-17-14-20-26-35-44-61(65)41-32-11-8-5-2/h60-66H,4-59H2,1-3H3. The first kappa shape index (κ1) is 74.5. The lowest BCUT2D eigenvalue weighted by Crippen LogP contribution is -2.29. The summed E-state index contributed by atoms with van der Waals surface area (Å²) in [4.78, 5) is 0. The molecule has 0 aliphatic heterocycles. The van der Waals surface area contributed by atoms with Crippen LogP contribution in [0.4, 0.5) is 0 Å². The van der Waals surface area contributed by atoms with Crippen LogP contribution in [-0.2, 0) is 42.6 Å². The van der Waals surface area contributed by atoms with Crippen LogP contribution in [0.3, 0.4) is 0 Å². The first-order valence-corrected chi connectivity index (χ1v) is 32.3. The van der Waals surface area contributed by atoms with Crippen molar-refractivity contribution in [3.8, 4) is 0 Å². The number of ether oxygens (including phenoxy) is 9. The molecule has 3 N–H and O–H groups in total. The first-order chi connectivity index (χ1) is 37.0. The molecule has 0 spiro atoms. The van der Waals surface area contributed by atoms with Crippen LogP contribution in [0.15, 0.2) is 0 Å². The van der Waals surface area contributed by atoms with Crippen molar-refractivity contribution in [3.63, 3.8) is 0 Å². The third kappa shape index (κ3) is 64.2. The zero-order valence-corrected chi connectivity index (χ0v) is 49.9. The quantitative estimate of drug-likeness (QED) is 0.0394. The summed E-state index contributed by atoms with van der Waals surface area (Å²) in [5.41, 5.74) is 0. The molecule has 0 aromatic rings. The van der Waals surface area contributed by atoms with Crippen LogP contribution in [0.25, 0.3) is 0 Å². The van der Waals surface area contributed by atoms with E-state index in [1.807, 2.05) is 0 Å². The highest BCUT2D eigenvalue weighted by atomic mass is 16.7. The minimum atomic E-state index is -0.245. The molecule has 0 aromatic heterocycles. The number of rotatable bonds is 68. The van der Waals surface area contributed by atoms with E-state index >= 15 is 0 Å². The Morgan fingerprint density at radius 3 is 0.720 bits per heavy atom. The molecule has 0 saturated carbocycles. The smallest absolute Gasteiger partial charge is 0.146 e. The molecule has 0 heterocycles. The number of unbranched alkanes of at least 4 members (excludes halogenated alkanes) is 30. The first-order valence-electron chi connectivity index (χ1n) is 32.3. The average molecular weight is 1080 g/mol. The average Bonchev–Trinajstić information content (AvgIpc) is 3.41. The van der Waals surface area contributed by atoms with Crippen LogP contribution in [0.1, 0.15) is 290 Å². The van der Waals surface area contributed by atoms with Crippen molar-refractivity contribution in [2.45, 2.75) is 315 Å². The van der Waals surface area contributed by atoms with E-state index in [0.717, 1.165) is 77.0 Å². The van der Waals surface area contributed by atoms with Gasteiger partial charge in [0.15, 0.2) is 0 Å². The highest BCUT2D eigenvalue weighted by molar-refractivity contribution is 4.61. The predicted molar refractivity (Wildman–Crippen MR) is 311 cm³/mol. The minimum Gasteiger partial charge on any atom is -0.393 e. The lowest BCUT2D eigenvalue weighted by atomic mass is 10.0. The molecule has 0 fully saturated rings. The van der Waals surface area contributed by atoms with E-state index in [0.29, 0.717) is 72.7 Å². The Hall–Kier alpha value is -0.480. The van der Waals surface area contributed by atoms with Gasteiger partial charge in [0, 0.05) is 19.8 Å². The molecule has 3 atom stereocenters. The third-order valence-electron chi connectivity index (χ3n) is 14.3. The van der Waals surface area contributed by atoms with Crippen LogP contribution < -0.4 is 0 Å². The van der Waals surface area contributed by atoms with Crippen molar-refractivity contribution in [1.29, 1.82) is 0 Å². The highest BCUT2D eigenvalue weighted by Crippen LogP contribution is 2.17. The Bertz CT molecular complexity index is 961. The van der Waals surface area contributed by atoms with Crippen LogP contribution in [0.5, 0.6) is 0 Å². The van der Waals surface area contributed by atoms with E-state index in [1.54, 1.807) is 0 Å². The maximum atomic E-state index is 10.2. The predicted octanol–water partition coefficient (Wildman–Crippen LogP) is 15.9. The van der Waals surface area contributed by atoms with Crippen molar-refractivity contribution in [2.24, 2.45) is 0 Å². The second-order valence-electron chi connectivity index (χ2n) is 21.8. The molecule has 0 aliphatic rings. The molecule has 0 radical (unpaired) electrons. The van der Waals surface area contributed by atoms with E-state index in [9.17, 15) is 15.3 Å². The number of aliphatic hydroxyl groups excluding tert-OH is 3. The molecule has 0 aliphatic carbocycles. The van der Waals surface area contributed by atoms with Gasteiger partial charge in [-0.1, -0.05) is 233 Å². The summed E-state index contributed by atoms with van der Waals surface area (Å²) >= 11 is 0. The van der Waals surface area contributed by atoms with Crippen LogP contribution in [0, 0.1) is 0 Å². The van der Waals surface area contributed by atoms with Gasteiger partial charge in [0.05, 0.1) is 71.2 Å². The molecule has 0 bridgehead atoms. The Kier molecular flexibility index (Phi) is 65.6. The van der Waals surface area contributed by atoms with Crippen LogP contribution in [0.2, 0.25) is 0 Å². The lowest BCUT2D eigenvalue weighted by molar-refractivity contribution is -0.114. The monoisotopic (exact) mass is 1080 g/mol. The Morgan fingerprint density at radius 1 is 0.227 bits per heavy atom. The molecule has 452 valence electrons. The minimum absolute atomic E-state index is 0.0976. The molecule has 0 amide bonds. The summed E-state index contributed by atoms with van der Waals surface area (Å²) < 4.78 is 52.0. The molecule has 0 rings (SSSR count). The van der Waals surface area contributed by atoms with Gasteiger partial charge in [0.1, 0.15) is 26.5 Å². The molecule has 75 heavy (non-hydrogen) atoms. The van der Waals surface area contributed by atoms with Crippen molar-refractivity contribution >= 4 is 0 Å². The fraction of sp³-hybridized carbons (Fsp3) is 1.00. The Balaban J connectivity index is 4.06. The lowest BCUT2D eigenvalue weighted by Gasteiger charge is -2.18. The molecule has 12 heteroatoms. The molecule has 0 saturated heterocycles. The summed E-state index contributed by atoms with van der Waals surface area (Å²) in [6, 6.07) is 0. The number of hydrogen-bond donors (Lipinski definition) is 3. The van der Waals surface area contributed by atoms with Crippen LogP contribution >= 0.6 is 0 Å². The molecule has 12 nitrogen and oxygen atoms in total. The summed E-state index contributed by atoms with van der Waals surface area (Å²) in [5, 5.41) is 30.5. The van der Waals surface area contributed by atoms with Gasteiger partial charge in [-0.05, 0) is 57.8 Å². The molecule has 0 aromatic carbocycles. The van der Waals surface area contributed by atoms with Gasteiger partial charge < -0.3 is 58.0 Å². The second kappa shape index (κ2) is 66.0. The van der Waals surface area contributed by atoms with E-state index in [2.05, 4.69) is 20.8 Å². The molecular weight excluding hydrogens is 949 g/mol. The third-order valence-corrected chi connectivity index (χ3v) is 14.3. The normalized spacial score (nSPS) is 13.5. The summed E-state index contributed by atoms with van der Waals surface area (Å²) in [7, 11) is 0. The fourth-order valence-corrected chi connectivity index (χ4v) is 9.40.